The van der Waals surface area contributed by atoms with E-state index in [-0.39, 0.29) is 29.1 Å². The third-order valence-electron chi connectivity index (χ3n) is 3.27. The molecule has 0 fully saturated rings. The van der Waals surface area contributed by atoms with Gasteiger partial charge in [0.05, 0.1) is 0 Å². The molecular formula is C16H16FN3O2. The number of anilines is 1. The molecule has 2 aromatic rings. The molecule has 6 heteroatoms. The molecule has 114 valence electrons. The number of hydrogen-bond acceptors (Lipinski definition) is 3. The summed E-state index contributed by atoms with van der Waals surface area (Å²) < 4.78 is 13.7. The Morgan fingerprint density at radius 2 is 2.14 bits per heavy atom. The first-order valence-electron chi connectivity index (χ1n) is 6.76. The molecule has 0 atom stereocenters. The standard InChI is InChI=1S/C16H16FN3O2/c1-10-13(17)7-12(16(18)22)8-14(10)20-15(21)5-4-11-3-2-6-19-9-11/h2-3,6-9H,4-5H2,1H3,(H2,18,22)(H,20,21). The first-order chi connectivity index (χ1) is 10.5. The van der Waals surface area contributed by atoms with Crippen molar-refractivity contribution in [2.75, 3.05) is 5.32 Å². The molecule has 1 heterocycles. The highest BCUT2D eigenvalue weighted by molar-refractivity contribution is 5.97. The Morgan fingerprint density at radius 3 is 2.77 bits per heavy atom. The van der Waals surface area contributed by atoms with Crippen LogP contribution in [0.4, 0.5) is 10.1 Å². The van der Waals surface area contributed by atoms with Gasteiger partial charge in [-0.3, -0.25) is 14.6 Å². The summed E-state index contributed by atoms with van der Waals surface area (Å²) in [6.45, 7) is 1.52. The maximum absolute atomic E-state index is 13.7. The number of carbonyl (C=O) groups is 2. The van der Waals surface area contributed by atoms with Crippen molar-refractivity contribution in [1.82, 2.24) is 4.98 Å². The van der Waals surface area contributed by atoms with E-state index in [9.17, 15) is 14.0 Å². The number of nitrogens with zero attached hydrogens (tertiary/aromatic N) is 1. The van der Waals surface area contributed by atoms with Crippen LogP contribution in [0.1, 0.15) is 27.9 Å². The van der Waals surface area contributed by atoms with Gasteiger partial charge >= 0.3 is 0 Å². The van der Waals surface area contributed by atoms with Crippen LogP contribution in [0, 0.1) is 12.7 Å². The Morgan fingerprint density at radius 1 is 1.36 bits per heavy atom. The van der Waals surface area contributed by atoms with E-state index in [2.05, 4.69) is 10.3 Å². The third kappa shape index (κ3) is 3.88. The molecule has 2 rings (SSSR count). The highest BCUT2D eigenvalue weighted by Crippen LogP contribution is 2.21. The predicted molar refractivity (Wildman–Crippen MR) is 80.8 cm³/mol. The smallest absolute Gasteiger partial charge is 0.248 e. The number of aryl methyl sites for hydroxylation is 1. The van der Waals surface area contributed by atoms with E-state index in [1.165, 1.54) is 13.0 Å². The number of primary amides is 1. The largest absolute Gasteiger partial charge is 0.366 e. The second-order valence-electron chi connectivity index (χ2n) is 4.90. The summed E-state index contributed by atoms with van der Waals surface area (Å²) in [5.74, 6) is -1.60. The minimum atomic E-state index is -0.746. The number of rotatable bonds is 5. The predicted octanol–water partition coefficient (Wildman–Crippen LogP) is 2.20. The lowest BCUT2D eigenvalue weighted by Gasteiger charge is -2.10. The molecule has 0 aliphatic heterocycles. The van der Waals surface area contributed by atoms with Crippen molar-refractivity contribution in [3.63, 3.8) is 0 Å². The fourth-order valence-electron chi connectivity index (χ4n) is 1.97. The van der Waals surface area contributed by atoms with Crippen molar-refractivity contribution in [2.45, 2.75) is 19.8 Å². The molecule has 0 unspecified atom stereocenters. The zero-order valence-electron chi connectivity index (χ0n) is 12.1. The van der Waals surface area contributed by atoms with Crippen LogP contribution >= 0.6 is 0 Å². The van der Waals surface area contributed by atoms with Crippen molar-refractivity contribution in [3.05, 3.63) is 59.2 Å². The van der Waals surface area contributed by atoms with Gasteiger partial charge in [0, 0.05) is 35.6 Å². The van der Waals surface area contributed by atoms with Gasteiger partial charge in [0.15, 0.2) is 0 Å². The molecule has 0 radical (unpaired) electrons. The molecule has 1 aromatic heterocycles. The summed E-state index contributed by atoms with van der Waals surface area (Å²) in [6, 6.07) is 6.10. The molecule has 2 amide bonds. The van der Waals surface area contributed by atoms with E-state index in [1.54, 1.807) is 18.5 Å². The number of carbonyl (C=O) groups excluding carboxylic acids is 2. The zero-order chi connectivity index (χ0) is 16.1. The fraction of sp³-hybridized carbons (Fsp3) is 0.188. The van der Waals surface area contributed by atoms with Gasteiger partial charge in [-0.2, -0.15) is 0 Å². The van der Waals surface area contributed by atoms with Gasteiger partial charge in [-0.05, 0) is 37.1 Å². The van der Waals surface area contributed by atoms with Gasteiger partial charge in [0.1, 0.15) is 5.82 Å². The average molecular weight is 301 g/mol. The Kier molecular flexibility index (Phi) is 4.83. The summed E-state index contributed by atoms with van der Waals surface area (Å²) in [6.07, 6.45) is 4.10. The fourth-order valence-corrected chi connectivity index (χ4v) is 1.97. The lowest BCUT2D eigenvalue weighted by atomic mass is 10.1. The summed E-state index contributed by atoms with van der Waals surface area (Å²) in [4.78, 5) is 27.1. The topological polar surface area (TPSA) is 85.1 Å². The molecular weight excluding hydrogens is 285 g/mol. The minimum Gasteiger partial charge on any atom is -0.366 e. The van der Waals surface area contributed by atoms with Crippen LogP contribution in [-0.2, 0) is 11.2 Å². The van der Waals surface area contributed by atoms with Gasteiger partial charge in [0.25, 0.3) is 0 Å². The number of aromatic nitrogens is 1. The van der Waals surface area contributed by atoms with Gasteiger partial charge < -0.3 is 11.1 Å². The van der Waals surface area contributed by atoms with Crippen molar-refractivity contribution >= 4 is 17.5 Å². The van der Waals surface area contributed by atoms with E-state index in [4.69, 9.17) is 5.73 Å². The Balaban J connectivity index is 2.06. The summed E-state index contributed by atoms with van der Waals surface area (Å²) >= 11 is 0. The van der Waals surface area contributed by atoms with Crippen molar-refractivity contribution < 1.29 is 14.0 Å². The molecule has 0 aliphatic rings. The number of nitrogens with one attached hydrogen (secondary N) is 1. The number of pyridine rings is 1. The van der Waals surface area contributed by atoms with Crippen LogP contribution in [0.5, 0.6) is 0 Å². The van der Waals surface area contributed by atoms with Crippen molar-refractivity contribution in [3.8, 4) is 0 Å². The maximum atomic E-state index is 13.7. The number of halogens is 1. The molecule has 0 saturated heterocycles. The molecule has 0 saturated carbocycles. The van der Waals surface area contributed by atoms with Crippen molar-refractivity contribution in [1.29, 1.82) is 0 Å². The van der Waals surface area contributed by atoms with Gasteiger partial charge in [-0.15, -0.1) is 0 Å². The van der Waals surface area contributed by atoms with E-state index in [0.29, 0.717) is 6.42 Å². The van der Waals surface area contributed by atoms with Crippen molar-refractivity contribution in [2.24, 2.45) is 5.73 Å². The van der Waals surface area contributed by atoms with Crippen LogP contribution in [0.2, 0.25) is 0 Å². The molecule has 3 N–H and O–H groups in total. The van der Waals surface area contributed by atoms with E-state index < -0.39 is 11.7 Å². The minimum absolute atomic E-state index is 0.0191. The third-order valence-corrected chi connectivity index (χ3v) is 3.27. The first-order valence-corrected chi connectivity index (χ1v) is 6.76. The lowest BCUT2D eigenvalue weighted by Crippen LogP contribution is -2.16. The number of amides is 2. The van der Waals surface area contributed by atoms with Gasteiger partial charge in [-0.1, -0.05) is 6.07 Å². The number of nitrogens with two attached hydrogens (primary N) is 1. The summed E-state index contributed by atoms with van der Waals surface area (Å²) in [5, 5.41) is 2.61. The Labute approximate surface area is 127 Å². The normalized spacial score (nSPS) is 10.3. The second-order valence-corrected chi connectivity index (χ2v) is 4.90. The molecule has 1 aromatic carbocycles. The number of hydrogen-bond donors (Lipinski definition) is 2. The van der Waals surface area contributed by atoms with Crippen LogP contribution in [-0.4, -0.2) is 16.8 Å². The highest BCUT2D eigenvalue weighted by Gasteiger charge is 2.12. The van der Waals surface area contributed by atoms with Crippen LogP contribution in [0.15, 0.2) is 36.7 Å². The van der Waals surface area contributed by atoms with Gasteiger partial charge in [-0.25, -0.2) is 4.39 Å². The average Bonchev–Trinajstić information content (AvgIpc) is 2.50. The molecule has 0 spiro atoms. The monoisotopic (exact) mass is 301 g/mol. The quantitative estimate of drug-likeness (QED) is 0.887. The molecule has 5 nitrogen and oxygen atoms in total. The summed E-state index contributed by atoms with van der Waals surface area (Å²) in [7, 11) is 0. The van der Waals surface area contributed by atoms with E-state index in [1.807, 2.05) is 6.07 Å². The van der Waals surface area contributed by atoms with Crippen LogP contribution in [0.3, 0.4) is 0 Å². The van der Waals surface area contributed by atoms with E-state index >= 15 is 0 Å². The highest BCUT2D eigenvalue weighted by atomic mass is 19.1. The zero-order valence-corrected chi connectivity index (χ0v) is 12.1. The van der Waals surface area contributed by atoms with E-state index in [0.717, 1.165) is 11.6 Å². The lowest BCUT2D eigenvalue weighted by molar-refractivity contribution is -0.116. The molecule has 0 aliphatic carbocycles. The summed E-state index contributed by atoms with van der Waals surface area (Å²) in [5.41, 5.74) is 6.62. The van der Waals surface area contributed by atoms with Crippen LogP contribution < -0.4 is 11.1 Å². The van der Waals surface area contributed by atoms with Crippen LogP contribution in [0.25, 0.3) is 0 Å². The second kappa shape index (κ2) is 6.80. The Bertz CT molecular complexity index is 702. The first kappa shape index (κ1) is 15.6. The molecule has 22 heavy (non-hydrogen) atoms. The maximum Gasteiger partial charge on any atom is 0.248 e. The SMILES string of the molecule is Cc1c(F)cc(C(N)=O)cc1NC(=O)CCc1cccnc1. The molecule has 0 bridgehead atoms. The Hall–Kier alpha value is -2.76. The van der Waals surface area contributed by atoms with Gasteiger partial charge in [0.2, 0.25) is 11.8 Å². The number of benzene rings is 1.